The molecular formula is C9H16O3. The summed E-state index contributed by atoms with van der Waals surface area (Å²) in [6, 6.07) is 0. The van der Waals surface area contributed by atoms with Crippen molar-refractivity contribution in [3.63, 3.8) is 0 Å². The average Bonchev–Trinajstić information content (AvgIpc) is 2.58. The predicted molar refractivity (Wildman–Crippen MR) is 44.8 cm³/mol. The van der Waals surface area contributed by atoms with Gasteiger partial charge in [0.1, 0.15) is 6.79 Å². The minimum absolute atomic E-state index is 0.127. The summed E-state index contributed by atoms with van der Waals surface area (Å²) in [5, 5.41) is 0. The second kappa shape index (κ2) is 4.58. The first-order valence-electron chi connectivity index (χ1n) is 4.48. The maximum Gasteiger partial charge on any atom is 0.168 e. The molecule has 12 heavy (non-hydrogen) atoms. The standard InChI is InChI=1S/C8H14O2.CH2O/c1-2-4-8(5-3-1)9-6-7-10-8;1-2/h1-7H2;1H2. The highest BCUT2D eigenvalue weighted by molar-refractivity contribution is 5.10. The molecule has 0 aromatic heterocycles. The second-order valence-electron chi connectivity index (χ2n) is 3.17. The lowest BCUT2D eigenvalue weighted by Gasteiger charge is -2.30. The van der Waals surface area contributed by atoms with Crippen LogP contribution in [0.5, 0.6) is 0 Å². The van der Waals surface area contributed by atoms with Gasteiger partial charge in [0.2, 0.25) is 0 Å². The molecule has 1 spiro atoms. The quantitative estimate of drug-likeness (QED) is 0.555. The van der Waals surface area contributed by atoms with Crippen molar-refractivity contribution in [2.24, 2.45) is 0 Å². The second-order valence-corrected chi connectivity index (χ2v) is 3.17. The predicted octanol–water partition coefficient (Wildman–Crippen LogP) is 1.51. The molecule has 1 heterocycles. The molecule has 1 aliphatic carbocycles. The fourth-order valence-electron chi connectivity index (χ4n) is 1.88. The molecule has 0 aromatic rings. The van der Waals surface area contributed by atoms with Crippen LogP contribution in [-0.4, -0.2) is 25.8 Å². The van der Waals surface area contributed by atoms with Gasteiger partial charge in [-0.1, -0.05) is 6.42 Å². The largest absolute Gasteiger partial charge is 0.348 e. The first kappa shape index (κ1) is 9.68. The molecule has 0 bridgehead atoms. The molecule has 70 valence electrons. The number of hydrogen-bond acceptors (Lipinski definition) is 3. The monoisotopic (exact) mass is 172 g/mol. The molecule has 1 aliphatic heterocycles. The van der Waals surface area contributed by atoms with Crippen LogP contribution in [0.1, 0.15) is 32.1 Å². The molecule has 2 rings (SSSR count). The van der Waals surface area contributed by atoms with E-state index in [-0.39, 0.29) is 5.79 Å². The van der Waals surface area contributed by atoms with E-state index in [0.717, 1.165) is 26.1 Å². The van der Waals surface area contributed by atoms with Crippen LogP contribution >= 0.6 is 0 Å². The summed E-state index contributed by atoms with van der Waals surface area (Å²) in [7, 11) is 0. The van der Waals surface area contributed by atoms with Crippen LogP contribution in [0, 0.1) is 0 Å². The lowest BCUT2D eigenvalue weighted by atomic mass is 9.94. The fraction of sp³-hybridized carbons (Fsp3) is 0.889. The van der Waals surface area contributed by atoms with Gasteiger partial charge >= 0.3 is 0 Å². The van der Waals surface area contributed by atoms with Crippen molar-refractivity contribution in [2.75, 3.05) is 13.2 Å². The van der Waals surface area contributed by atoms with Gasteiger partial charge in [-0.2, -0.15) is 0 Å². The van der Waals surface area contributed by atoms with Gasteiger partial charge in [0.15, 0.2) is 5.79 Å². The van der Waals surface area contributed by atoms with E-state index in [1.54, 1.807) is 0 Å². The van der Waals surface area contributed by atoms with Crippen LogP contribution in [0.25, 0.3) is 0 Å². The fourth-order valence-corrected chi connectivity index (χ4v) is 1.88. The smallest absolute Gasteiger partial charge is 0.168 e. The molecule has 0 atom stereocenters. The third kappa shape index (κ3) is 2.05. The summed E-state index contributed by atoms with van der Waals surface area (Å²) in [5.74, 6) is -0.127. The average molecular weight is 172 g/mol. The zero-order valence-corrected chi connectivity index (χ0v) is 7.38. The molecule has 0 amide bonds. The highest BCUT2D eigenvalue weighted by Gasteiger charge is 2.37. The van der Waals surface area contributed by atoms with Crippen LogP contribution in [0.3, 0.4) is 0 Å². The Balaban J connectivity index is 0.000000336. The van der Waals surface area contributed by atoms with E-state index in [1.165, 1.54) is 19.3 Å². The van der Waals surface area contributed by atoms with E-state index < -0.39 is 0 Å². The van der Waals surface area contributed by atoms with Crippen molar-refractivity contribution in [2.45, 2.75) is 37.9 Å². The van der Waals surface area contributed by atoms with E-state index in [4.69, 9.17) is 14.3 Å². The lowest BCUT2D eigenvalue weighted by Crippen LogP contribution is -2.32. The molecule has 1 saturated heterocycles. The number of carbonyl (C=O) groups excluding carboxylic acids is 1. The summed E-state index contributed by atoms with van der Waals surface area (Å²) >= 11 is 0. The Kier molecular flexibility index (Phi) is 3.69. The molecule has 0 aromatic carbocycles. The number of hydrogen-bond donors (Lipinski definition) is 0. The molecule has 0 radical (unpaired) electrons. The summed E-state index contributed by atoms with van der Waals surface area (Å²) in [5.41, 5.74) is 0. The molecule has 0 N–H and O–H groups in total. The van der Waals surface area contributed by atoms with E-state index in [2.05, 4.69) is 0 Å². The molecule has 1 saturated carbocycles. The Labute approximate surface area is 73.0 Å². The van der Waals surface area contributed by atoms with Crippen molar-refractivity contribution in [1.29, 1.82) is 0 Å². The maximum absolute atomic E-state index is 8.00. The van der Waals surface area contributed by atoms with Gasteiger partial charge in [-0.25, -0.2) is 0 Å². The van der Waals surface area contributed by atoms with Crippen molar-refractivity contribution in [3.05, 3.63) is 0 Å². The van der Waals surface area contributed by atoms with Crippen LogP contribution in [0.15, 0.2) is 0 Å². The topological polar surface area (TPSA) is 35.5 Å². The third-order valence-corrected chi connectivity index (χ3v) is 2.43. The van der Waals surface area contributed by atoms with E-state index in [9.17, 15) is 0 Å². The Morgan fingerprint density at radius 3 is 1.92 bits per heavy atom. The van der Waals surface area contributed by atoms with Crippen molar-refractivity contribution in [1.82, 2.24) is 0 Å². The number of carbonyl (C=O) groups is 1. The van der Waals surface area contributed by atoms with E-state index in [0.29, 0.717) is 0 Å². The Hall–Kier alpha value is -0.410. The van der Waals surface area contributed by atoms with E-state index in [1.807, 2.05) is 6.79 Å². The van der Waals surface area contributed by atoms with E-state index >= 15 is 0 Å². The molecule has 3 nitrogen and oxygen atoms in total. The number of rotatable bonds is 0. The van der Waals surface area contributed by atoms with Gasteiger partial charge in [0, 0.05) is 12.8 Å². The first-order valence-corrected chi connectivity index (χ1v) is 4.48. The normalized spacial score (nSPS) is 26.3. The van der Waals surface area contributed by atoms with Gasteiger partial charge in [-0.05, 0) is 12.8 Å². The van der Waals surface area contributed by atoms with Crippen molar-refractivity contribution < 1.29 is 14.3 Å². The molecule has 3 heteroatoms. The summed E-state index contributed by atoms with van der Waals surface area (Å²) in [4.78, 5) is 8.00. The Morgan fingerprint density at radius 2 is 1.42 bits per heavy atom. The summed E-state index contributed by atoms with van der Waals surface area (Å²) in [6.45, 7) is 3.61. The van der Waals surface area contributed by atoms with Crippen LogP contribution in [0.4, 0.5) is 0 Å². The van der Waals surface area contributed by atoms with Gasteiger partial charge in [-0.3, -0.25) is 0 Å². The summed E-state index contributed by atoms with van der Waals surface area (Å²) in [6.07, 6.45) is 6.15. The molecule has 2 aliphatic rings. The number of ether oxygens (including phenoxy) is 2. The molecular weight excluding hydrogens is 156 g/mol. The summed E-state index contributed by atoms with van der Waals surface area (Å²) < 4.78 is 11.1. The Bertz CT molecular complexity index is 122. The van der Waals surface area contributed by atoms with Gasteiger partial charge in [0.25, 0.3) is 0 Å². The van der Waals surface area contributed by atoms with Gasteiger partial charge in [0.05, 0.1) is 13.2 Å². The van der Waals surface area contributed by atoms with Crippen LogP contribution in [0.2, 0.25) is 0 Å². The zero-order valence-electron chi connectivity index (χ0n) is 7.38. The third-order valence-electron chi connectivity index (χ3n) is 2.43. The Morgan fingerprint density at radius 1 is 0.917 bits per heavy atom. The van der Waals surface area contributed by atoms with Crippen LogP contribution < -0.4 is 0 Å². The minimum atomic E-state index is -0.127. The molecule has 2 fully saturated rings. The van der Waals surface area contributed by atoms with Gasteiger partial charge in [-0.15, -0.1) is 0 Å². The van der Waals surface area contributed by atoms with Crippen LogP contribution in [-0.2, 0) is 14.3 Å². The molecule has 0 unspecified atom stereocenters. The SMILES string of the molecule is C1CCC2(CC1)OCCO2.C=O. The first-order chi connectivity index (χ1) is 5.91. The minimum Gasteiger partial charge on any atom is -0.348 e. The van der Waals surface area contributed by atoms with Crippen molar-refractivity contribution in [3.8, 4) is 0 Å². The van der Waals surface area contributed by atoms with Crippen molar-refractivity contribution >= 4 is 6.79 Å². The highest BCUT2D eigenvalue weighted by Crippen LogP contribution is 2.35. The highest BCUT2D eigenvalue weighted by atomic mass is 16.7. The van der Waals surface area contributed by atoms with Gasteiger partial charge < -0.3 is 14.3 Å². The maximum atomic E-state index is 8.00. The lowest BCUT2D eigenvalue weighted by molar-refractivity contribution is -0.176. The zero-order chi connectivity index (χ0) is 8.86.